The number of anilines is 2. The van der Waals surface area contributed by atoms with Crippen molar-refractivity contribution in [1.82, 2.24) is 16.0 Å². The number of ketones is 3. The average Bonchev–Trinajstić information content (AvgIpc) is 1.64. The fourth-order valence-corrected chi connectivity index (χ4v) is 12.5. The zero-order valence-corrected chi connectivity index (χ0v) is 81.9. The highest BCUT2D eigenvalue weighted by molar-refractivity contribution is 6.06. The summed E-state index contributed by atoms with van der Waals surface area (Å²) < 4.78 is 131. The summed E-state index contributed by atoms with van der Waals surface area (Å²) in [5, 5.41) is 8.59. The van der Waals surface area contributed by atoms with E-state index >= 15 is 0 Å². The van der Waals surface area contributed by atoms with E-state index in [2.05, 4.69) is 34.7 Å². The Labute approximate surface area is 794 Å². The van der Waals surface area contributed by atoms with Gasteiger partial charge in [-0.25, -0.2) is 0 Å². The lowest BCUT2D eigenvalue weighted by molar-refractivity contribution is -0.129. The molecule has 2 aromatic carbocycles. The molecule has 1 aliphatic carbocycles. The topological polar surface area (TPSA) is 419 Å². The molecular weight excluding hydrogens is 1730 g/mol. The van der Waals surface area contributed by atoms with Gasteiger partial charge in [-0.3, -0.25) is 28.8 Å². The minimum atomic E-state index is -0.634. The van der Waals surface area contributed by atoms with E-state index in [4.69, 9.17) is 125 Å². The number of hydrogen-bond donors (Lipinski definition) is 5. The Morgan fingerprint density at radius 1 is 0.376 bits per heavy atom. The smallest absolute Gasteiger partial charge is 0.251 e. The Kier molecular flexibility index (Phi) is 86.4. The van der Waals surface area contributed by atoms with Crippen molar-refractivity contribution in [3.8, 4) is 0 Å². The molecule has 7 N–H and O–H groups in total. The maximum atomic E-state index is 14.4. The van der Waals surface area contributed by atoms with E-state index in [9.17, 15) is 28.8 Å². The predicted octanol–water partition coefficient (Wildman–Crippen LogP) is 6.30. The van der Waals surface area contributed by atoms with E-state index < -0.39 is 11.3 Å². The molecule has 1 aliphatic heterocycles. The monoisotopic (exact) mass is 1900 g/mol. The Morgan fingerprint density at radius 3 is 1.08 bits per heavy atom. The molecule has 0 unspecified atom stereocenters. The molecule has 4 rings (SSSR count). The van der Waals surface area contributed by atoms with Crippen LogP contribution >= 0.6 is 0 Å². The number of carbonyl (C=O) groups is 6. The number of unbranched alkanes of at least 4 members (excludes halogenated alkanes) is 1. The molecule has 133 heavy (non-hydrogen) atoms. The first-order valence-electron chi connectivity index (χ1n) is 48.5. The molecule has 0 bridgehead atoms. The lowest BCUT2D eigenvalue weighted by Gasteiger charge is -2.37. The lowest BCUT2D eigenvalue weighted by atomic mass is 9.90. The van der Waals surface area contributed by atoms with Crippen LogP contribution in [0.3, 0.4) is 0 Å². The fourth-order valence-electron chi connectivity index (χ4n) is 12.5. The van der Waals surface area contributed by atoms with Crippen LogP contribution in [0.4, 0.5) is 11.4 Å². The number of Topliss-reactive ketones (excluding diaryl/α,β-unsaturated/α-hetero) is 3. The second-order valence-corrected chi connectivity index (χ2v) is 31.8. The van der Waals surface area contributed by atoms with Crippen molar-refractivity contribution >= 4 is 46.4 Å². The number of hydrogen-bond acceptors (Lipinski definition) is 34. The third-order valence-corrected chi connectivity index (χ3v) is 19.7. The normalized spacial score (nSPS) is 13.5. The first kappa shape index (κ1) is 124. The number of nitrogens with one attached hydrogen (secondary N) is 3. The number of rotatable bonds is 93. The molecule has 0 saturated heterocycles. The van der Waals surface area contributed by atoms with Gasteiger partial charge >= 0.3 is 0 Å². The average molecular weight is 1910 g/mol. The van der Waals surface area contributed by atoms with Crippen LogP contribution in [0.5, 0.6) is 0 Å². The summed E-state index contributed by atoms with van der Waals surface area (Å²) in [6.45, 7) is 36.2. The zero-order valence-electron chi connectivity index (χ0n) is 81.9. The molecule has 0 spiro atoms. The van der Waals surface area contributed by atoms with E-state index in [0.29, 0.717) is 367 Å². The van der Waals surface area contributed by atoms with Crippen LogP contribution in [-0.2, 0) is 144 Å². The molecule has 2 aliphatic rings. The largest absolute Gasteiger partial charge is 0.379 e. The van der Waals surface area contributed by atoms with Gasteiger partial charge in [0.15, 0.2) is 5.78 Å². The molecule has 1 fully saturated rings. The molecule has 1 saturated carbocycles. The first-order chi connectivity index (χ1) is 65.2. The number of fused-ring (bicyclic) bond motifs is 1. The summed E-state index contributed by atoms with van der Waals surface area (Å²) in [5.41, 5.74) is 12.6. The quantitative estimate of drug-likeness (QED) is 0.0453. The molecule has 2 aromatic rings. The highest BCUT2D eigenvalue weighted by atomic mass is 16.6. The lowest BCUT2D eigenvalue weighted by Crippen LogP contribution is -2.45. The van der Waals surface area contributed by atoms with Crippen LogP contribution in [0.2, 0.25) is 0 Å². The van der Waals surface area contributed by atoms with Crippen LogP contribution in [0, 0.1) is 11.3 Å². The Morgan fingerprint density at radius 2 is 0.737 bits per heavy atom. The summed E-state index contributed by atoms with van der Waals surface area (Å²) in [6, 6.07) is 15.1. The van der Waals surface area contributed by atoms with Crippen molar-refractivity contribution in [2.45, 2.75) is 131 Å². The Balaban J connectivity index is 0.000000989. The standard InChI is InChI=1S/C60H97N5O17.C32H65NO13.C4H11N/c1-60(2,3)56(67)48-65-55-15-8-7-14-54(55)64(52-12-5-4-6-13-52)47-51(59(65)70)46-53(66)45-49-10-9-11-50(44-49)58(69)63-19-21-72-23-25-74-27-29-76-31-33-78-35-37-80-39-41-82-43-42-81-40-38-79-36-34-77-32-30-75-28-26-73-24-22-71-20-16-57(68)62-18-17-61;1-3-8-35-10-12-37-14-16-39-18-20-41-22-24-43-26-28-45-30-31-46-29-27-44-25-23-42-21-19-40-17-15-38-13-11-36-9-6-32(34)5-4-7-33-2;1-2-3-4-5/h7-11,14-15,44,51-52H,4-6,12-13,16-43,45-48,61H2,1-3H3,(H,62,68)(H,63,69);33H,3-31H2,1-2H3;2-5H2,1H3/t51-;;/m1../s1. The number of carbonyl (C=O) groups excluding carboxylic acids is 6. The van der Waals surface area contributed by atoms with Gasteiger partial charge in [0.2, 0.25) is 11.8 Å². The van der Waals surface area contributed by atoms with Crippen molar-refractivity contribution in [1.29, 1.82) is 0 Å². The van der Waals surface area contributed by atoms with E-state index in [1.165, 1.54) is 19.3 Å². The third kappa shape index (κ3) is 75.2. The predicted molar refractivity (Wildman–Crippen MR) is 506 cm³/mol. The molecule has 37 heteroatoms. The van der Waals surface area contributed by atoms with Crippen LogP contribution in [0.15, 0.2) is 48.5 Å². The van der Waals surface area contributed by atoms with Crippen LogP contribution in [-0.4, -0.2) is 411 Å². The van der Waals surface area contributed by atoms with Crippen LogP contribution < -0.4 is 37.2 Å². The van der Waals surface area contributed by atoms with E-state index in [0.717, 1.165) is 69.6 Å². The summed E-state index contributed by atoms with van der Waals surface area (Å²) >= 11 is 0. The minimum absolute atomic E-state index is 0.0311. The summed E-state index contributed by atoms with van der Waals surface area (Å²) in [5.74, 6) is -1.09. The van der Waals surface area contributed by atoms with Crippen molar-refractivity contribution < 1.29 is 142 Å². The van der Waals surface area contributed by atoms with Gasteiger partial charge in [0.1, 0.15) is 11.6 Å². The zero-order chi connectivity index (χ0) is 96.1. The summed E-state index contributed by atoms with van der Waals surface area (Å²) in [4.78, 5) is 81.6. The molecular formula is C96H173N7O30. The molecule has 3 amide bonds. The third-order valence-electron chi connectivity index (χ3n) is 19.7. The maximum Gasteiger partial charge on any atom is 0.251 e. The van der Waals surface area contributed by atoms with Crippen molar-refractivity contribution in [3.05, 3.63) is 59.7 Å². The van der Waals surface area contributed by atoms with Crippen molar-refractivity contribution in [2.75, 3.05) is 380 Å². The molecule has 1 heterocycles. The van der Waals surface area contributed by atoms with Gasteiger partial charge in [0.05, 0.1) is 334 Å². The van der Waals surface area contributed by atoms with Gasteiger partial charge in [-0.05, 0) is 82.1 Å². The molecule has 1 atom stereocenters. The second-order valence-electron chi connectivity index (χ2n) is 31.8. The van der Waals surface area contributed by atoms with Gasteiger partial charge in [-0.1, -0.05) is 84.6 Å². The van der Waals surface area contributed by atoms with Crippen molar-refractivity contribution in [3.63, 3.8) is 0 Å². The van der Waals surface area contributed by atoms with E-state index in [1.54, 1.807) is 23.1 Å². The number of ether oxygens (including phenoxy) is 24. The van der Waals surface area contributed by atoms with E-state index in [-0.39, 0.29) is 60.5 Å². The SMILES string of the molecule is CC(C)(C)C(=O)CN1C(=O)[C@H](CC(=O)Cc2cccc(C(=O)NCCOCCOCCOCCOCCOCCOCCOCCOCCOCCOCCOCCOCCC(=O)NCCN)c2)CN(C2CCCCC2)c2ccccc21.CCCCN.CCCOCCOCCOCCOCCOCCOCCOCCOCCOCCOCCOCCOCCC(=O)CCCNC. The van der Waals surface area contributed by atoms with Gasteiger partial charge in [-0.2, -0.15) is 0 Å². The highest BCUT2D eigenvalue weighted by Gasteiger charge is 2.39. The molecule has 37 nitrogen and oxygen atoms in total. The summed E-state index contributed by atoms with van der Waals surface area (Å²) in [7, 11) is 1.88. The molecule has 772 valence electrons. The van der Waals surface area contributed by atoms with Gasteiger partial charge in [0, 0.05) is 81.9 Å². The van der Waals surface area contributed by atoms with Crippen molar-refractivity contribution in [2.24, 2.45) is 22.8 Å². The Hall–Kier alpha value is -5.42. The number of nitrogens with two attached hydrogens (primary N) is 2. The fraction of sp³-hybridized carbons (Fsp3) is 0.812. The second kappa shape index (κ2) is 92.9. The van der Waals surface area contributed by atoms with E-state index in [1.807, 2.05) is 58.2 Å². The molecule has 0 radical (unpaired) electrons. The minimum Gasteiger partial charge on any atom is -0.379 e. The van der Waals surface area contributed by atoms with Gasteiger partial charge in [0.25, 0.3) is 5.91 Å². The first-order valence-corrected chi connectivity index (χ1v) is 48.5. The van der Waals surface area contributed by atoms with Crippen LogP contribution in [0.25, 0.3) is 0 Å². The number of benzene rings is 2. The number of amides is 3. The molecule has 0 aromatic heterocycles. The van der Waals surface area contributed by atoms with Crippen LogP contribution in [0.1, 0.15) is 134 Å². The Bertz CT molecular complexity index is 3010. The maximum absolute atomic E-state index is 14.4. The highest BCUT2D eigenvalue weighted by Crippen LogP contribution is 2.39. The van der Waals surface area contributed by atoms with Gasteiger partial charge in [-0.15, -0.1) is 0 Å². The summed E-state index contributed by atoms with van der Waals surface area (Å²) in [6.07, 6.45) is 11.2. The number of para-hydroxylation sites is 2. The number of nitrogens with zero attached hydrogens (tertiary/aromatic N) is 2. The van der Waals surface area contributed by atoms with Gasteiger partial charge < -0.3 is 151 Å².